The van der Waals surface area contributed by atoms with Gasteiger partial charge in [-0.15, -0.1) is 0 Å². The second-order valence-electron chi connectivity index (χ2n) is 3.74. The van der Waals surface area contributed by atoms with Crippen molar-refractivity contribution < 1.29 is 14.4 Å². The Bertz CT molecular complexity index is 400. The van der Waals surface area contributed by atoms with Crippen LogP contribution in [0.2, 0.25) is 0 Å². The number of pyridine rings is 1. The van der Waals surface area contributed by atoms with Gasteiger partial charge in [-0.2, -0.15) is 0 Å². The van der Waals surface area contributed by atoms with Gasteiger partial charge in [0, 0.05) is 18.3 Å². The topological polar surface area (TPSA) is 70.4 Å². The summed E-state index contributed by atoms with van der Waals surface area (Å²) in [5.74, 6) is 0. The van der Waals surface area contributed by atoms with Gasteiger partial charge >= 0.3 is 7.60 Å². The van der Waals surface area contributed by atoms with Gasteiger partial charge in [0.1, 0.15) is 0 Å². The summed E-state index contributed by atoms with van der Waals surface area (Å²) in [6, 6.07) is 1.97. The normalized spacial score (nSPS) is 11.8. The molecule has 0 unspecified atom stereocenters. The Morgan fingerprint density at radius 3 is 2.50 bits per heavy atom. The van der Waals surface area contributed by atoms with E-state index in [9.17, 15) is 4.57 Å². The first-order chi connectivity index (χ1) is 7.48. The van der Waals surface area contributed by atoms with Gasteiger partial charge in [0.2, 0.25) is 0 Å². The Morgan fingerprint density at radius 2 is 2.00 bits per heavy atom. The van der Waals surface area contributed by atoms with Gasteiger partial charge < -0.3 is 9.79 Å². The van der Waals surface area contributed by atoms with Crippen molar-refractivity contribution in [3.8, 4) is 0 Å². The van der Waals surface area contributed by atoms with E-state index >= 15 is 0 Å². The van der Waals surface area contributed by atoms with Crippen LogP contribution in [0.3, 0.4) is 0 Å². The Kier molecular flexibility index (Phi) is 4.66. The summed E-state index contributed by atoms with van der Waals surface area (Å²) < 4.78 is 10.8. The molecule has 0 atom stereocenters. The summed E-state index contributed by atoms with van der Waals surface area (Å²) in [6.07, 6.45) is 3.72. The molecule has 0 bridgehead atoms. The lowest BCUT2D eigenvalue weighted by molar-refractivity contribution is 0.372. The van der Waals surface area contributed by atoms with Gasteiger partial charge in [0.15, 0.2) is 0 Å². The third-order valence-electron chi connectivity index (χ3n) is 2.62. The van der Waals surface area contributed by atoms with E-state index in [0.717, 1.165) is 24.1 Å². The van der Waals surface area contributed by atoms with E-state index in [1.54, 1.807) is 6.20 Å². The molecule has 1 heterocycles. The summed E-state index contributed by atoms with van der Waals surface area (Å²) in [6.45, 7) is 4.11. The van der Waals surface area contributed by atoms with E-state index in [-0.39, 0.29) is 6.16 Å². The van der Waals surface area contributed by atoms with Gasteiger partial charge in [0.25, 0.3) is 0 Å². The number of nitrogens with zero attached hydrogens (tertiary/aromatic N) is 1. The molecular weight excluding hydrogens is 225 g/mol. The lowest BCUT2D eigenvalue weighted by Gasteiger charge is -2.11. The fraction of sp³-hybridized carbons (Fsp3) is 0.545. The van der Waals surface area contributed by atoms with Crippen LogP contribution in [0.5, 0.6) is 0 Å². The third-order valence-corrected chi connectivity index (χ3v) is 3.42. The molecule has 0 saturated carbocycles. The van der Waals surface area contributed by atoms with Crippen molar-refractivity contribution in [1.29, 1.82) is 0 Å². The lowest BCUT2D eigenvalue weighted by atomic mass is 10.0. The van der Waals surface area contributed by atoms with Crippen LogP contribution in [0.4, 0.5) is 0 Å². The van der Waals surface area contributed by atoms with Gasteiger partial charge in [-0.3, -0.25) is 9.55 Å². The lowest BCUT2D eigenvalue weighted by Crippen LogP contribution is -2.04. The van der Waals surface area contributed by atoms with E-state index in [2.05, 4.69) is 11.9 Å². The number of hydrogen-bond donors (Lipinski definition) is 2. The quantitative estimate of drug-likeness (QED) is 0.775. The monoisotopic (exact) mass is 243 g/mol. The second kappa shape index (κ2) is 5.58. The van der Waals surface area contributed by atoms with E-state index in [4.69, 9.17) is 9.79 Å². The zero-order valence-corrected chi connectivity index (χ0v) is 10.6. The first-order valence-corrected chi connectivity index (χ1v) is 7.28. The van der Waals surface area contributed by atoms with Crippen molar-refractivity contribution >= 4 is 7.60 Å². The first-order valence-electron chi connectivity index (χ1n) is 5.48. The molecule has 1 aromatic rings. The smallest absolute Gasteiger partial charge is 0.324 e. The van der Waals surface area contributed by atoms with E-state index < -0.39 is 7.60 Å². The van der Waals surface area contributed by atoms with Crippen molar-refractivity contribution in [1.82, 2.24) is 4.98 Å². The van der Waals surface area contributed by atoms with Crippen LogP contribution in [-0.2, 0) is 23.8 Å². The van der Waals surface area contributed by atoms with Gasteiger partial charge in [0.05, 0.1) is 6.16 Å². The number of aromatic nitrogens is 1. The average Bonchev–Trinajstić information content (AvgIpc) is 2.24. The maximum Gasteiger partial charge on any atom is 0.325 e. The molecule has 0 radical (unpaired) electrons. The van der Waals surface area contributed by atoms with Crippen LogP contribution in [-0.4, -0.2) is 20.9 Å². The number of aryl methyl sites for hydroxylation is 2. The van der Waals surface area contributed by atoms with Crippen molar-refractivity contribution in [3.63, 3.8) is 0 Å². The van der Waals surface area contributed by atoms with E-state index in [1.807, 2.05) is 13.0 Å². The SMILES string of the molecule is CCc1ccnc(CCP(=O)(O)O)c1CC. The van der Waals surface area contributed by atoms with Crippen molar-refractivity contribution in [2.75, 3.05) is 6.16 Å². The van der Waals surface area contributed by atoms with Crippen LogP contribution in [0, 0.1) is 0 Å². The molecule has 5 heteroatoms. The minimum atomic E-state index is -3.93. The summed E-state index contributed by atoms with van der Waals surface area (Å²) in [5.41, 5.74) is 3.18. The molecular formula is C11H18NO3P. The predicted octanol–water partition coefficient (Wildman–Crippen LogP) is 1.93. The highest BCUT2D eigenvalue weighted by molar-refractivity contribution is 7.51. The highest BCUT2D eigenvalue weighted by Crippen LogP contribution is 2.35. The second-order valence-corrected chi connectivity index (χ2v) is 5.52. The van der Waals surface area contributed by atoms with E-state index in [0.29, 0.717) is 6.42 Å². The zero-order valence-electron chi connectivity index (χ0n) is 9.68. The summed E-state index contributed by atoms with van der Waals surface area (Å²) >= 11 is 0. The molecule has 0 aliphatic carbocycles. The van der Waals surface area contributed by atoms with Gasteiger partial charge in [-0.25, -0.2) is 0 Å². The summed E-state index contributed by atoms with van der Waals surface area (Å²) in [4.78, 5) is 21.9. The largest absolute Gasteiger partial charge is 0.325 e. The molecule has 16 heavy (non-hydrogen) atoms. The molecule has 0 fully saturated rings. The van der Waals surface area contributed by atoms with Gasteiger partial charge in [-0.1, -0.05) is 13.8 Å². The Labute approximate surface area is 95.9 Å². The van der Waals surface area contributed by atoms with Gasteiger partial charge in [-0.05, 0) is 30.0 Å². The molecule has 90 valence electrons. The predicted molar refractivity (Wildman–Crippen MR) is 63.6 cm³/mol. The van der Waals surface area contributed by atoms with Crippen molar-refractivity contribution in [2.24, 2.45) is 0 Å². The number of rotatable bonds is 5. The molecule has 0 spiro atoms. The molecule has 0 amide bonds. The van der Waals surface area contributed by atoms with Crippen LogP contribution in [0.25, 0.3) is 0 Å². The van der Waals surface area contributed by atoms with Crippen LogP contribution in [0.15, 0.2) is 12.3 Å². The minimum absolute atomic E-state index is 0.125. The molecule has 4 nitrogen and oxygen atoms in total. The fourth-order valence-corrected chi connectivity index (χ4v) is 2.31. The maximum atomic E-state index is 10.8. The molecule has 0 aromatic carbocycles. The Balaban J connectivity index is 2.91. The first kappa shape index (κ1) is 13.4. The maximum absolute atomic E-state index is 10.8. The molecule has 0 aliphatic rings. The molecule has 0 aliphatic heterocycles. The molecule has 1 aromatic heterocycles. The number of hydrogen-bond acceptors (Lipinski definition) is 2. The van der Waals surface area contributed by atoms with E-state index in [1.165, 1.54) is 5.56 Å². The zero-order chi connectivity index (χ0) is 12.2. The molecule has 1 rings (SSSR count). The van der Waals surface area contributed by atoms with Crippen LogP contribution in [0.1, 0.15) is 30.7 Å². The summed E-state index contributed by atoms with van der Waals surface area (Å²) in [7, 11) is -3.93. The van der Waals surface area contributed by atoms with Crippen molar-refractivity contribution in [3.05, 3.63) is 29.1 Å². The standard InChI is InChI=1S/C11H18NO3P/c1-3-9-5-7-12-11(10(9)4-2)6-8-16(13,14)15/h5,7H,3-4,6,8H2,1-2H3,(H2,13,14,15). The molecule has 2 N–H and O–H groups in total. The fourth-order valence-electron chi connectivity index (χ4n) is 1.81. The van der Waals surface area contributed by atoms with Crippen molar-refractivity contribution in [2.45, 2.75) is 33.1 Å². The van der Waals surface area contributed by atoms with Crippen LogP contribution >= 0.6 is 7.60 Å². The average molecular weight is 243 g/mol. The summed E-state index contributed by atoms with van der Waals surface area (Å²) in [5, 5.41) is 0. The minimum Gasteiger partial charge on any atom is -0.324 e. The Morgan fingerprint density at radius 1 is 1.31 bits per heavy atom. The Hall–Kier alpha value is -0.700. The highest BCUT2D eigenvalue weighted by Gasteiger charge is 2.15. The highest BCUT2D eigenvalue weighted by atomic mass is 31.2. The van der Waals surface area contributed by atoms with Crippen LogP contribution < -0.4 is 0 Å². The molecule has 0 saturated heterocycles. The third kappa shape index (κ3) is 3.71.